The molecule has 0 aromatic carbocycles. The zero-order valence-corrected chi connectivity index (χ0v) is 26.0. The lowest BCUT2D eigenvalue weighted by atomic mass is 10.0. The zero-order chi connectivity index (χ0) is 25.0. The Hall–Kier alpha value is 0.217. The van der Waals surface area contributed by atoms with Crippen molar-refractivity contribution in [2.75, 3.05) is 0 Å². The first-order valence-corrected chi connectivity index (χ1v) is 18.8. The molecule has 0 heterocycles. The lowest BCUT2D eigenvalue weighted by Crippen LogP contribution is -2.42. The largest absolute Gasteiger partial charge is 0.0654 e. The molecule has 0 aliphatic carbocycles. The molecule has 0 nitrogen and oxygen atoms in total. The number of hydrogen-bond donors (Lipinski definition) is 0. The summed E-state index contributed by atoms with van der Waals surface area (Å²) in [7, 11) is -1.33. The Kier molecular flexibility index (Phi) is 21.6. The number of rotatable bonds is 24. The Labute approximate surface area is 213 Å². The molecule has 0 fully saturated rings. The van der Waals surface area contributed by atoms with Crippen LogP contribution >= 0.6 is 0 Å². The molecule has 1 heteroatoms. The van der Waals surface area contributed by atoms with Gasteiger partial charge in [-0.25, -0.2) is 0 Å². The number of hydrogen-bond acceptors (Lipinski definition) is 0. The normalized spacial score (nSPS) is 16.0. The first-order valence-electron chi connectivity index (χ1n) is 16.0. The maximum absolute atomic E-state index is 2.51. The van der Waals surface area contributed by atoms with E-state index in [-0.39, 0.29) is 0 Å². The maximum atomic E-state index is 2.51. The summed E-state index contributed by atoms with van der Waals surface area (Å²) in [5.74, 6) is 4.03. The van der Waals surface area contributed by atoms with Gasteiger partial charge in [0.15, 0.2) is 0 Å². The van der Waals surface area contributed by atoms with Gasteiger partial charge in [0.1, 0.15) is 0 Å². The van der Waals surface area contributed by atoms with E-state index < -0.39 is 8.07 Å². The predicted molar refractivity (Wildman–Crippen MR) is 158 cm³/mol. The minimum atomic E-state index is -1.33. The highest BCUT2D eigenvalue weighted by atomic mass is 28.3. The van der Waals surface area contributed by atoms with Gasteiger partial charge in [-0.1, -0.05) is 182 Å². The Bertz CT molecular complexity index is 326. The van der Waals surface area contributed by atoms with E-state index in [0.29, 0.717) is 0 Å². The summed E-state index contributed by atoms with van der Waals surface area (Å²) >= 11 is 0. The van der Waals surface area contributed by atoms with Crippen molar-refractivity contribution in [1.82, 2.24) is 0 Å². The van der Waals surface area contributed by atoms with E-state index in [1.807, 2.05) is 0 Å². The van der Waals surface area contributed by atoms with Crippen LogP contribution in [0.15, 0.2) is 0 Å². The molecule has 0 aromatic rings. The van der Waals surface area contributed by atoms with Gasteiger partial charge < -0.3 is 0 Å². The molecule has 33 heavy (non-hydrogen) atoms. The van der Waals surface area contributed by atoms with Crippen molar-refractivity contribution in [3.05, 3.63) is 0 Å². The Morgan fingerprint density at radius 1 is 0.364 bits per heavy atom. The lowest BCUT2D eigenvalue weighted by molar-refractivity contribution is 0.427. The van der Waals surface area contributed by atoms with E-state index in [2.05, 4.69) is 55.4 Å². The summed E-state index contributed by atoms with van der Waals surface area (Å²) in [6.07, 6.45) is 23.1. The van der Waals surface area contributed by atoms with Crippen molar-refractivity contribution in [2.24, 2.45) is 23.7 Å². The predicted octanol–water partition coefficient (Wildman–Crippen LogP) is 12.3. The molecule has 0 amide bonds. The highest BCUT2D eigenvalue weighted by Gasteiger charge is 2.39. The van der Waals surface area contributed by atoms with Gasteiger partial charge in [0.05, 0.1) is 8.07 Å². The topological polar surface area (TPSA) is 0 Å². The third kappa shape index (κ3) is 15.0. The second-order valence-electron chi connectivity index (χ2n) is 12.0. The molecular formula is C32H68Si. The van der Waals surface area contributed by atoms with Crippen LogP contribution in [0.2, 0.25) is 24.2 Å². The fourth-order valence-electron chi connectivity index (χ4n) is 6.72. The minimum Gasteiger partial charge on any atom is -0.0654 e. The van der Waals surface area contributed by atoms with Crippen molar-refractivity contribution in [3.63, 3.8) is 0 Å². The molecule has 0 aromatic heterocycles. The third-order valence-corrected chi connectivity index (χ3v) is 14.8. The summed E-state index contributed by atoms with van der Waals surface area (Å²) in [4.78, 5) is 0. The second-order valence-corrected chi connectivity index (χ2v) is 16.6. The lowest BCUT2D eigenvalue weighted by Gasteiger charge is -2.42. The van der Waals surface area contributed by atoms with Crippen LogP contribution in [0.3, 0.4) is 0 Å². The van der Waals surface area contributed by atoms with Crippen molar-refractivity contribution < 1.29 is 0 Å². The zero-order valence-electron chi connectivity index (χ0n) is 25.0. The van der Waals surface area contributed by atoms with E-state index in [0.717, 1.165) is 23.7 Å². The monoisotopic (exact) mass is 481 g/mol. The third-order valence-electron chi connectivity index (χ3n) is 9.06. The van der Waals surface area contributed by atoms with Crippen molar-refractivity contribution in [2.45, 2.75) is 182 Å². The average molecular weight is 481 g/mol. The quantitative estimate of drug-likeness (QED) is 0.120. The Morgan fingerprint density at radius 2 is 0.576 bits per heavy atom. The van der Waals surface area contributed by atoms with Crippen LogP contribution in [-0.2, 0) is 0 Å². The summed E-state index contributed by atoms with van der Waals surface area (Å²) in [6, 6.07) is 6.66. The van der Waals surface area contributed by atoms with Gasteiger partial charge in [0, 0.05) is 0 Å². The minimum absolute atomic E-state index is 1.01. The molecule has 0 N–H and O–H groups in total. The van der Waals surface area contributed by atoms with Gasteiger partial charge in [-0.05, 0) is 23.7 Å². The van der Waals surface area contributed by atoms with Crippen LogP contribution in [0, 0.1) is 23.7 Å². The summed E-state index contributed by atoms with van der Waals surface area (Å²) in [5, 5.41) is 0. The molecule has 4 atom stereocenters. The summed E-state index contributed by atoms with van der Waals surface area (Å²) < 4.78 is 0. The number of unbranched alkanes of at least 4 members (excludes halogenated alkanes) is 4. The molecule has 0 rings (SSSR count). The van der Waals surface area contributed by atoms with Crippen LogP contribution in [0.1, 0.15) is 158 Å². The fraction of sp³-hybridized carbons (Fsp3) is 1.00. The van der Waals surface area contributed by atoms with Gasteiger partial charge in [0.25, 0.3) is 0 Å². The van der Waals surface area contributed by atoms with Crippen LogP contribution in [0.4, 0.5) is 0 Å². The molecule has 200 valence electrons. The first kappa shape index (κ1) is 33.2. The van der Waals surface area contributed by atoms with Gasteiger partial charge in [-0.15, -0.1) is 0 Å². The van der Waals surface area contributed by atoms with E-state index in [1.54, 1.807) is 24.2 Å². The van der Waals surface area contributed by atoms with Gasteiger partial charge in [-0.2, -0.15) is 0 Å². The summed E-state index contributed by atoms with van der Waals surface area (Å²) in [5.41, 5.74) is 0. The van der Waals surface area contributed by atoms with Crippen molar-refractivity contribution >= 4 is 8.07 Å². The molecule has 0 radical (unpaired) electrons. The maximum Gasteiger partial charge on any atom is 0.0546 e. The van der Waals surface area contributed by atoms with Gasteiger partial charge >= 0.3 is 0 Å². The van der Waals surface area contributed by atoms with E-state index in [4.69, 9.17) is 0 Å². The molecule has 0 aliphatic heterocycles. The molecule has 0 saturated heterocycles. The van der Waals surface area contributed by atoms with E-state index in [1.165, 1.54) is 103 Å². The second kappa shape index (κ2) is 21.5. The SMILES string of the molecule is CCCC[C@@H](CC)C[Si](C[C@H](CC)CCCC)(C[C@H](CC)CCCC)C[C@@H](CC)CCCC. The highest BCUT2D eigenvalue weighted by molar-refractivity contribution is 6.80. The molecule has 0 bridgehead atoms. The molecular weight excluding hydrogens is 412 g/mol. The fourth-order valence-corrected chi connectivity index (χ4v) is 14.6. The Balaban J connectivity index is 6.06. The molecule has 0 saturated carbocycles. The van der Waals surface area contributed by atoms with Crippen LogP contribution < -0.4 is 0 Å². The average Bonchev–Trinajstić information content (AvgIpc) is 2.84. The van der Waals surface area contributed by atoms with Crippen LogP contribution in [0.25, 0.3) is 0 Å². The smallest absolute Gasteiger partial charge is 0.0546 e. The van der Waals surface area contributed by atoms with Gasteiger partial charge in [-0.3, -0.25) is 0 Å². The Morgan fingerprint density at radius 3 is 0.727 bits per heavy atom. The molecule has 0 unspecified atom stereocenters. The highest BCUT2D eigenvalue weighted by Crippen LogP contribution is 2.44. The van der Waals surface area contributed by atoms with Gasteiger partial charge in [0.2, 0.25) is 0 Å². The standard InChI is InChI=1S/C32H68Si/c1-9-17-21-29(13-5)25-33(26-30(14-6)22-18-10-2,27-31(15-7)23-19-11-3)28-32(16-8)24-20-12-4/h29-32H,9-28H2,1-8H3/t29-,30-,31-,32+/m1/s1. The first-order chi connectivity index (χ1) is 16.0. The van der Waals surface area contributed by atoms with E-state index in [9.17, 15) is 0 Å². The van der Waals surface area contributed by atoms with Crippen LogP contribution in [-0.4, -0.2) is 8.07 Å². The van der Waals surface area contributed by atoms with Crippen LogP contribution in [0.5, 0.6) is 0 Å². The van der Waals surface area contributed by atoms with Crippen molar-refractivity contribution in [3.8, 4) is 0 Å². The summed E-state index contributed by atoms with van der Waals surface area (Å²) in [6.45, 7) is 19.6. The van der Waals surface area contributed by atoms with Crippen molar-refractivity contribution in [1.29, 1.82) is 0 Å². The molecule has 0 aliphatic rings. The molecule has 0 spiro atoms. The van der Waals surface area contributed by atoms with E-state index >= 15 is 0 Å².